The molecule has 3 heterocycles. The zero-order valence-electron chi connectivity index (χ0n) is 16.6. The van der Waals surface area contributed by atoms with Gasteiger partial charge in [-0.2, -0.15) is 0 Å². The van der Waals surface area contributed by atoms with Crippen LogP contribution in [0.25, 0.3) is 10.9 Å². The molecule has 152 valence electrons. The van der Waals surface area contributed by atoms with Crippen molar-refractivity contribution in [2.75, 3.05) is 13.1 Å². The van der Waals surface area contributed by atoms with Gasteiger partial charge in [-0.15, -0.1) is 0 Å². The van der Waals surface area contributed by atoms with Crippen LogP contribution < -0.4 is 0 Å². The number of aryl methyl sites for hydroxylation is 1. The van der Waals surface area contributed by atoms with Crippen molar-refractivity contribution in [2.45, 2.75) is 54.2 Å². The van der Waals surface area contributed by atoms with Gasteiger partial charge < -0.3 is 15.0 Å². The number of benzene rings is 2. The van der Waals surface area contributed by atoms with Crippen LogP contribution in [0.4, 0.5) is 0 Å². The van der Waals surface area contributed by atoms with Crippen molar-refractivity contribution >= 4 is 20.7 Å². The summed E-state index contributed by atoms with van der Waals surface area (Å²) in [6.45, 7) is 3.98. The van der Waals surface area contributed by atoms with Crippen LogP contribution in [0.15, 0.2) is 58.5 Å². The number of sulfone groups is 1. The van der Waals surface area contributed by atoms with Crippen molar-refractivity contribution < 1.29 is 13.5 Å². The standard InChI is InChI=1S/C23H26N2O3S/c1-16-4-8-20(9-5-16)29(27,28)22-13-17-6-7-18(14-21(17)24-22)23(26)10-12-25-11-2-3-19(25)15-23/h4-9,13-14,19,24,26H,2-3,10-12,15H2,1H3/t19-,23+/m0/s1. The van der Waals surface area contributed by atoms with Crippen molar-refractivity contribution in [2.24, 2.45) is 0 Å². The minimum atomic E-state index is -3.61. The molecule has 2 aliphatic heterocycles. The van der Waals surface area contributed by atoms with Crippen molar-refractivity contribution in [3.8, 4) is 0 Å². The number of nitrogens with zero attached hydrogens (tertiary/aromatic N) is 1. The van der Waals surface area contributed by atoms with Crippen LogP contribution >= 0.6 is 0 Å². The molecule has 5 rings (SSSR count). The van der Waals surface area contributed by atoms with Crippen molar-refractivity contribution in [3.63, 3.8) is 0 Å². The third kappa shape index (κ3) is 3.19. The summed E-state index contributed by atoms with van der Waals surface area (Å²) in [5.74, 6) is 0. The van der Waals surface area contributed by atoms with Crippen LogP contribution in [0.3, 0.4) is 0 Å². The summed E-state index contributed by atoms with van der Waals surface area (Å²) in [5, 5.41) is 12.4. The minimum absolute atomic E-state index is 0.186. The van der Waals surface area contributed by atoms with E-state index in [4.69, 9.17) is 0 Å². The highest BCUT2D eigenvalue weighted by molar-refractivity contribution is 7.91. The zero-order valence-corrected chi connectivity index (χ0v) is 17.4. The highest BCUT2D eigenvalue weighted by Gasteiger charge is 2.41. The Morgan fingerprint density at radius 3 is 2.69 bits per heavy atom. The lowest BCUT2D eigenvalue weighted by atomic mass is 9.81. The molecular weight excluding hydrogens is 384 g/mol. The summed E-state index contributed by atoms with van der Waals surface area (Å²) in [5.41, 5.74) is 1.79. The molecule has 2 fully saturated rings. The normalized spacial score (nSPS) is 25.4. The maximum absolute atomic E-state index is 13.0. The highest BCUT2D eigenvalue weighted by atomic mass is 32.2. The molecule has 2 aromatic carbocycles. The van der Waals surface area contributed by atoms with E-state index in [2.05, 4.69) is 9.88 Å². The summed E-state index contributed by atoms with van der Waals surface area (Å²) in [4.78, 5) is 5.84. The van der Waals surface area contributed by atoms with Crippen molar-refractivity contribution in [1.82, 2.24) is 9.88 Å². The molecule has 0 bridgehead atoms. The van der Waals surface area contributed by atoms with Gasteiger partial charge >= 0.3 is 0 Å². The number of aromatic nitrogens is 1. The van der Waals surface area contributed by atoms with E-state index in [1.165, 1.54) is 6.42 Å². The Labute approximate surface area is 171 Å². The van der Waals surface area contributed by atoms with E-state index in [0.717, 1.165) is 48.0 Å². The average Bonchev–Trinajstić information content (AvgIpc) is 3.34. The molecule has 0 aliphatic carbocycles. The van der Waals surface area contributed by atoms with E-state index in [-0.39, 0.29) is 9.92 Å². The molecule has 29 heavy (non-hydrogen) atoms. The zero-order chi connectivity index (χ0) is 20.2. The molecule has 6 heteroatoms. The van der Waals surface area contributed by atoms with Gasteiger partial charge in [-0.05, 0) is 69.0 Å². The molecule has 2 saturated heterocycles. The first kappa shape index (κ1) is 18.9. The fourth-order valence-corrected chi connectivity index (χ4v) is 6.16. The number of fused-ring (bicyclic) bond motifs is 2. The molecular formula is C23H26N2O3S. The molecule has 2 aliphatic rings. The van der Waals surface area contributed by atoms with Gasteiger partial charge in [0.05, 0.1) is 10.5 Å². The van der Waals surface area contributed by atoms with Crippen LogP contribution in [0.2, 0.25) is 0 Å². The Hall–Kier alpha value is -2.15. The smallest absolute Gasteiger partial charge is 0.221 e. The molecule has 3 aromatic rings. The number of hydrogen-bond acceptors (Lipinski definition) is 4. The molecule has 2 atom stereocenters. The van der Waals surface area contributed by atoms with E-state index >= 15 is 0 Å². The van der Waals surface area contributed by atoms with Crippen LogP contribution in [-0.4, -0.2) is 42.5 Å². The second-order valence-corrected chi connectivity index (χ2v) is 10.5. The van der Waals surface area contributed by atoms with Gasteiger partial charge in [0.15, 0.2) is 0 Å². The van der Waals surface area contributed by atoms with Gasteiger partial charge in [0.25, 0.3) is 0 Å². The number of nitrogens with one attached hydrogen (secondary N) is 1. The van der Waals surface area contributed by atoms with Gasteiger partial charge in [-0.25, -0.2) is 8.42 Å². The lowest BCUT2D eigenvalue weighted by molar-refractivity contribution is -0.0408. The molecule has 5 nitrogen and oxygen atoms in total. The largest absolute Gasteiger partial charge is 0.385 e. The average molecular weight is 411 g/mol. The Kier molecular flexibility index (Phi) is 4.35. The Bertz CT molecular complexity index is 1170. The topological polar surface area (TPSA) is 73.4 Å². The van der Waals surface area contributed by atoms with Gasteiger partial charge in [0.1, 0.15) is 5.03 Å². The second-order valence-electron chi connectivity index (χ2n) is 8.57. The number of hydrogen-bond donors (Lipinski definition) is 2. The van der Waals surface area contributed by atoms with E-state index in [0.29, 0.717) is 12.5 Å². The number of aliphatic hydroxyl groups is 1. The molecule has 0 amide bonds. The quantitative estimate of drug-likeness (QED) is 0.690. The summed E-state index contributed by atoms with van der Waals surface area (Å²) in [6, 6.07) is 14.8. The van der Waals surface area contributed by atoms with Crippen LogP contribution in [0.5, 0.6) is 0 Å². The van der Waals surface area contributed by atoms with E-state index in [1.54, 1.807) is 30.3 Å². The van der Waals surface area contributed by atoms with Gasteiger partial charge in [0.2, 0.25) is 9.84 Å². The van der Waals surface area contributed by atoms with Crippen molar-refractivity contribution in [1.29, 1.82) is 0 Å². The molecule has 0 spiro atoms. The summed E-state index contributed by atoms with van der Waals surface area (Å²) in [6.07, 6.45) is 3.81. The number of rotatable bonds is 3. The number of piperidine rings is 1. The fourth-order valence-electron chi connectivity index (χ4n) is 4.88. The highest BCUT2D eigenvalue weighted by Crippen LogP contribution is 2.40. The van der Waals surface area contributed by atoms with E-state index in [1.807, 2.05) is 25.1 Å². The van der Waals surface area contributed by atoms with E-state index < -0.39 is 15.4 Å². The predicted octanol–water partition coefficient (Wildman–Crippen LogP) is 3.75. The first-order valence-electron chi connectivity index (χ1n) is 10.3. The predicted molar refractivity (Wildman–Crippen MR) is 113 cm³/mol. The summed E-state index contributed by atoms with van der Waals surface area (Å²) in [7, 11) is -3.61. The minimum Gasteiger partial charge on any atom is -0.385 e. The Balaban J connectivity index is 1.50. The number of aromatic amines is 1. The lowest BCUT2D eigenvalue weighted by Gasteiger charge is -2.41. The van der Waals surface area contributed by atoms with Gasteiger partial charge in [-0.3, -0.25) is 0 Å². The monoisotopic (exact) mass is 410 g/mol. The third-order valence-electron chi connectivity index (χ3n) is 6.64. The second kappa shape index (κ2) is 6.69. The Morgan fingerprint density at radius 2 is 1.90 bits per heavy atom. The van der Waals surface area contributed by atoms with Gasteiger partial charge in [0, 0.05) is 23.5 Å². The Morgan fingerprint density at radius 1 is 1.10 bits per heavy atom. The molecule has 0 radical (unpaired) electrons. The maximum atomic E-state index is 13.0. The molecule has 0 unspecified atom stereocenters. The van der Waals surface area contributed by atoms with Crippen LogP contribution in [-0.2, 0) is 15.4 Å². The lowest BCUT2D eigenvalue weighted by Crippen LogP contribution is -2.45. The summed E-state index contributed by atoms with van der Waals surface area (Å²) < 4.78 is 26.0. The molecule has 1 aromatic heterocycles. The first-order valence-corrected chi connectivity index (χ1v) is 11.7. The fraction of sp³-hybridized carbons (Fsp3) is 0.391. The van der Waals surface area contributed by atoms with Gasteiger partial charge in [-0.1, -0.05) is 29.8 Å². The van der Waals surface area contributed by atoms with Crippen molar-refractivity contribution in [3.05, 3.63) is 59.7 Å². The molecule has 0 saturated carbocycles. The number of H-pyrrole nitrogens is 1. The van der Waals surface area contributed by atoms with Crippen LogP contribution in [0.1, 0.15) is 36.8 Å². The maximum Gasteiger partial charge on any atom is 0.221 e. The summed E-state index contributed by atoms with van der Waals surface area (Å²) >= 11 is 0. The van der Waals surface area contributed by atoms with Crippen LogP contribution in [0, 0.1) is 6.92 Å². The first-order chi connectivity index (χ1) is 13.8. The third-order valence-corrected chi connectivity index (χ3v) is 8.33. The SMILES string of the molecule is Cc1ccc(S(=O)(=O)c2cc3ccc([C@@]4(O)CCN5CCC[C@H]5C4)cc3[nH]2)cc1. The molecule has 2 N–H and O–H groups in total. The van der Waals surface area contributed by atoms with E-state index in [9.17, 15) is 13.5 Å².